The summed E-state index contributed by atoms with van der Waals surface area (Å²) in [7, 11) is 0. The Balaban J connectivity index is 1.78. The monoisotopic (exact) mass is 335 g/mol. The standard InChI is InChI=1S/C15H24F3N3O2/c1-11(2)23-10-13(22)9-20-6-3-12(4-7-20)21-8-5-14(19-21)15(16,17)18/h5,8,11-13,22H,3-4,6-7,9-10H2,1-2H3. The first-order chi connectivity index (χ1) is 10.8. The molecular weight excluding hydrogens is 311 g/mol. The minimum atomic E-state index is -4.40. The van der Waals surface area contributed by atoms with Crippen LogP contribution in [0.4, 0.5) is 13.2 Å². The third kappa shape index (κ3) is 5.47. The van der Waals surface area contributed by atoms with Gasteiger partial charge < -0.3 is 14.7 Å². The Labute approximate surface area is 134 Å². The van der Waals surface area contributed by atoms with Crippen molar-refractivity contribution in [1.29, 1.82) is 0 Å². The van der Waals surface area contributed by atoms with Crippen molar-refractivity contribution < 1.29 is 23.0 Å². The number of likely N-dealkylation sites (tertiary alicyclic amines) is 1. The molecule has 23 heavy (non-hydrogen) atoms. The number of alkyl halides is 3. The number of nitrogens with zero attached hydrogens (tertiary/aromatic N) is 3. The summed E-state index contributed by atoms with van der Waals surface area (Å²) in [4.78, 5) is 2.11. The van der Waals surface area contributed by atoms with Crippen molar-refractivity contribution in [3.05, 3.63) is 18.0 Å². The van der Waals surface area contributed by atoms with E-state index in [-0.39, 0.29) is 12.1 Å². The predicted molar refractivity (Wildman–Crippen MR) is 79.0 cm³/mol. The van der Waals surface area contributed by atoms with E-state index in [9.17, 15) is 18.3 Å². The maximum atomic E-state index is 12.6. The Kier molecular flexibility index (Phi) is 6.05. The lowest BCUT2D eigenvalue weighted by Crippen LogP contribution is -2.41. The van der Waals surface area contributed by atoms with Crippen LogP contribution in [0, 0.1) is 0 Å². The predicted octanol–water partition coefficient (Wildman–Crippen LogP) is 2.32. The van der Waals surface area contributed by atoms with Crippen LogP contribution in [0.1, 0.15) is 38.4 Å². The molecule has 8 heteroatoms. The third-order valence-corrected chi connectivity index (χ3v) is 3.92. The van der Waals surface area contributed by atoms with E-state index in [2.05, 4.69) is 10.00 Å². The fraction of sp³-hybridized carbons (Fsp3) is 0.800. The summed E-state index contributed by atoms with van der Waals surface area (Å²) in [5, 5.41) is 13.6. The molecule has 0 bridgehead atoms. The topological polar surface area (TPSA) is 50.5 Å². The van der Waals surface area contributed by atoms with E-state index in [0.29, 0.717) is 13.2 Å². The van der Waals surface area contributed by atoms with E-state index in [0.717, 1.165) is 32.0 Å². The molecule has 0 aromatic carbocycles. The number of hydrogen-bond acceptors (Lipinski definition) is 4. The number of piperidine rings is 1. The van der Waals surface area contributed by atoms with E-state index in [1.807, 2.05) is 13.8 Å². The molecule has 0 aliphatic carbocycles. The van der Waals surface area contributed by atoms with Crippen LogP contribution >= 0.6 is 0 Å². The summed E-state index contributed by atoms with van der Waals surface area (Å²) >= 11 is 0. The Morgan fingerprint density at radius 1 is 1.35 bits per heavy atom. The molecule has 2 rings (SSSR count). The molecule has 1 aliphatic rings. The Bertz CT molecular complexity index is 483. The van der Waals surface area contributed by atoms with Crippen molar-refractivity contribution in [2.75, 3.05) is 26.2 Å². The largest absolute Gasteiger partial charge is 0.435 e. The molecule has 0 radical (unpaired) electrons. The van der Waals surface area contributed by atoms with Gasteiger partial charge in [-0.1, -0.05) is 0 Å². The average molecular weight is 335 g/mol. The first-order valence-corrected chi connectivity index (χ1v) is 7.90. The zero-order chi connectivity index (χ0) is 17.0. The number of rotatable bonds is 6. The van der Waals surface area contributed by atoms with Crippen LogP contribution in [0.3, 0.4) is 0 Å². The molecule has 0 saturated carbocycles. The highest BCUT2D eigenvalue weighted by Gasteiger charge is 2.34. The van der Waals surface area contributed by atoms with Crippen LogP contribution in [-0.2, 0) is 10.9 Å². The van der Waals surface area contributed by atoms with Gasteiger partial charge in [-0.15, -0.1) is 0 Å². The van der Waals surface area contributed by atoms with Crippen LogP contribution in [-0.4, -0.2) is 58.2 Å². The molecule has 0 spiro atoms. The van der Waals surface area contributed by atoms with Gasteiger partial charge >= 0.3 is 6.18 Å². The highest BCUT2D eigenvalue weighted by atomic mass is 19.4. The van der Waals surface area contributed by atoms with Crippen molar-refractivity contribution in [2.24, 2.45) is 0 Å². The van der Waals surface area contributed by atoms with Crippen molar-refractivity contribution in [3.8, 4) is 0 Å². The summed E-state index contributed by atoms with van der Waals surface area (Å²) in [6.07, 6.45) is -2.03. The summed E-state index contributed by atoms with van der Waals surface area (Å²) in [6, 6.07) is 0.991. The van der Waals surface area contributed by atoms with Gasteiger partial charge in [-0.25, -0.2) is 0 Å². The second-order valence-electron chi connectivity index (χ2n) is 6.25. The van der Waals surface area contributed by atoms with Gasteiger partial charge in [-0.05, 0) is 32.8 Å². The fourth-order valence-corrected chi connectivity index (χ4v) is 2.71. The van der Waals surface area contributed by atoms with E-state index < -0.39 is 18.0 Å². The summed E-state index contributed by atoms with van der Waals surface area (Å²) < 4.78 is 44.5. The zero-order valence-corrected chi connectivity index (χ0v) is 13.5. The van der Waals surface area contributed by atoms with Crippen molar-refractivity contribution >= 4 is 0 Å². The van der Waals surface area contributed by atoms with Gasteiger partial charge in [-0.3, -0.25) is 4.68 Å². The molecule has 2 heterocycles. The van der Waals surface area contributed by atoms with Gasteiger partial charge in [0.1, 0.15) is 0 Å². The Morgan fingerprint density at radius 3 is 2.52 bits per heavy atom. The van der Waals surface area contributed by atoms with E-state index in [1.165, 1.54) is 10.9 Å². The zero-order valence-electron chi connectivity index (χ0n) is 13.5. The highest BCUT2D eigenvalue weighted by Crippen LogP contribution is 2.29. The average Bonchev–Trinajstić information content (AvgIpc) is 2.96. The van der Waals surface area contributed by atoms with Crippen LogP contribution < -0.4 is 0 Å². The molecule has 1 N–H and O–H groups in total. The van der Waals surface area contributed by atoms with Gasteiger partial charge in [-0.2, -0.15) is 18.3 Å². The number of aliphatic hydroxyl groups excluding tert-OH is 1. The van der Waals surface area contributed by atoms with Gasteiger partial charge in [0.15, 0.2) is 5.69 Å². The van der Waals surface area contributed by atoms with E-state index in [4.69, 9.17) is 4.74 Å². The maximum absolute atomic E-state index is 12.6. The second kappa shape index (κ2) is 7.63. The quantitative estimate of drug-likeness (QED) is 0.867. The smallest absolute Gasteiger partial charge is 0.389 e. The van der Waals surface area contributed by atoms with Crippen LogP contribution in [0.2, 0.25) is 0 Å². The minimum Gasteiger partial charge on any atom is -0.389 e. The van der Waals surface area contributed by atoms with Crippen molar-refractivity contribution in [3.63, 3.8) is 0 Å². The lowest BCUT2D eigenvalue weighted by Gasteiger charge is -2.33. The number of aliphatic hydroxyl groups is 1. The van der Waals surface area contributed by atoms with Crippen molar-refractivity contribution in [1.82, 2.24) is 14.7 Å². The number of aromatic nitrogens is 2. The molecule has 1 saturated heterocycles. The van der Waals surface area contributed by atoms with Crippen LogP contribution in [0.25, 0.3) is 0 Å². The minimum absolute atomic E-state index is 0.0218. The van der Waals surface area contributed by atoms with Gasteiger partial charge in [0.2, 0.25) is 0 Å². The molecule has 1 aliphatic heterocycles. The molecule has 132 valence electrons. The molecular formula is C15H24F3N3O2. The van der Waals surface area contributed by atoms with Crippen LogP contribution in [0.5, 0.6) is 0 Å². The highest BCUT2D eigenvalue weighted by molar-refractivity contribution is 5.04. The fourth-order valence-electron chi connectivity index (χ4n) is 2.71. The molecule has 1 unspecified atom stereocenters. The lowest BCUT2D eigenvalue weighted by molar-refractivity contribution is -0.141. The van der Waals surface area contributed by atoms with Gasteiger partial charge in [0, 0.05) is 25.8 Å². The third-order valence-electron chi connectivity index (χ3n) is 3.92. The molecule has 0 amide bonds. The molecule has 1 aromatic rings. The summed E-state index contributed by atoms with van der Waals surface area (Å²) in [5.41, 5.74) is -0.846. The van der Waals surface area contributed by atoms with Gasteiger partial charge in [0.05, 0.1) is 24.9 Å². The van der Waals surface area contributed by atoms with E-state index in [1.54, 1.807) is 0 Å². The number of ether oxygens (including phenoxy) is 1. The summed E-state index contributed by atoms with van der Waals surface area (Å²) in [5.74, 6) is 0. The lowest BCUT2D eigenvalue weighted by atomic mass is 10.1. The normalized spacial score (nSPS) is 19.4. The molecule has 1 fully saturated rings. The first-order valence-electron chi connectivity index (χ1n) is 7.90. The SMILES string of the molecule is CC(C)OCC(O)CN1CCC(n2ccc(C(F)(F)F)n2)CC1. The number of halogens is 3. The number of β-amino-alcohol motifs (C(OH)–C–C–N with tert-alkyl or cyclic N) is 1. The maximum Gasteiger partial charge on any atom is 0.435 e. The first kappa shape index (κ1) is 18.2. The van der Waals surface area contributed by atoms with Crippen LogP contribution in [0.15, 0.2) is 12.3 Å². The Morgan fingerprint density at radius 2 is 2.00 bits per heavy atom. The molecule has 1 aromatic heterocycles. The number of hydrogen-bond donors (Lipinski definition) is 1. The van der Waals surface area contributed by atoms with E-state index >= 15 is 0 Å². The Hall–Kier alpha value is -1.12. The molecule has 5 nitrogen and oxygen atoms in total. The second-order valence-corrected chi connectivity index (χ2v) is 6.25. The van der Waals surface area contributed by atoms with Crippen molar-refractivity contribution in [2.45, 2.75) is 51.1 Å². The van der Waals surface area contributed by atoms with Gasteiger partial charge in [0.25, 0.3) is 0 Å². The summed E-state index contributed by atoms with van der Waals surface area (Å²) in [6.45, 7) is 6.10. The molecule has 1 atom stereocenters.